The van der Waals surface area contributed by atoms with Gasteiger partial charge in [-0.3, -0.25) is 4.79 Å². The summed E-state index contributed by atoms with van der Waals surface area (Å²) in [5.41, 5.74) is -0.0191. The molecule has 1 aromatic heterocycles. The summed E-state index contributed by atoms with van der Waals surface area (Å²) in [6, 6.07) is 4.24. The van der Waals surface area contributed by atoms with Gasteiger partial charge >= 0.3 is 0 Å². The molecule has 3 saturated heterocycles. The summed E-state index contributed by atoms with van der Waals surface area (Å²) in [6.07, 6.45) is 5.39. The van der Waals surface area contributed by atoms with Gasteiger partial charge in [0.15, 0.2) is 0 Å². The molecular formula is C19H28N2O2S. The van der Waals surface area contributed by atoms with Crippen molar-refractivity contribution in [2.45, 2.75) is 43.8 Å². The molecule has 3 aliphatic rings. The van der Waals surface area contributed by atoms with Crippen LogP contribution in [0.25, 0.3) is 0 Å². The van der Waals surface area contributed by atoms with Crippen molar-refractivity contribution in [3.8, 4) is 0 Å². The fourth-order valence-electron chi connectivity index (χ4n) is 5.07. The fraction of sp³-hybridized carbons (Fsp3) is 0.737. The van der Waals surface area contributed by atoms with Crippen molar-refractivity contribution in [2.75, 3.05) is 33.7 Å². The topological polar surface area (TPSA) is 32.8 Å². The van der Waals surface area contributed by atoms with E-state index in [1.165, 1.54) is 11.3 Å². The van der Waals surface area contributed by atoms with Crippen LogP contribution in [0.3, 0.4) is 0 Å². The van der Waals surface area contributed by atoms with Crippen LogP contribution in [0, 0.1) is 11.8 Å². The molecule has 24 heavy (non-hydrogen) atoms. The van der Waals surface area contributed by atoms with E-state index in [1.807, 2.05) is 0 Å². The Hall–Kier alpha value is -0.910. The Bertz CT molecular complexity index is 588. The number of carbonyl (C=O) groups is 1. The average Bonchev–Trinajstić information content (AvgIpc) is 3.28. The van der Waals surface area contributed by atoms with Gasteiger partial charge in [0, 0.05) is 36.2 Å². The van der Waals surface area contributed by atoms with Crippen LogP contribution in [0.1, 0.15) is 30.6 Å². The first-order valence-electron chi connectivity index (χ1n) is 9.20. The number of thiophene rings is 1. The van der Waals surface area contributed by atoms with Crippen molar-refractivity contribution in [1.29, 1.82) is 0 Å². The number of carbonyl (C=O) groups excluding carboxylic acids is 1. The summed E-state index contributed by atoms with van der Waals surface area (Å²) in [6.45, 7) is 2.82. The molecule has 0 aliphatic carbocycles. The van der Waals surface area contributed by atoms with Crippen LogP contribution >= 0.6 is 11.3 Å². The van der Waals surface area contributed by atoms with Gasteiger partial charge in [-0.05, 0) is 51.2 Å². The number of likely N-dealkylation sites (tertiary alicyclic amines) is 1. The lowest BCUT2D eigenvalue weighted by atomic mass is 9.73. The minimum absolute atomic E-state index is 0.0191. The maximum atomic E-state index is 12.7. The molecule has 1 amide bonds. The van der Waals surface area contributed by atoms with Crippen molar-refractivity contribution >= 4 is 17.2 Å². The predicted octanol–water partition coefficient (Wildman–Crippen LogP) is 2.64. The second-order valence-corrected chi connectivity index (χ2v) is 9.03. The zero-order chi connectivity index (χ0) is 16.7. The maximum absolute atomic E-state index is 12.7. The van der Waals surface area contributed by atoms with Gasteiger partial charge in [-0.2, -0.15) is 0 Å². The fourth-order valence-corrected chi connectivity index (χ4v) is 5.82. The van der Waals surface area contributed by atoms with E-state index >= 15 is 0 Å². The lowest BCUT2D eigenvalue weighted by Crippen LogP contribution is -2.40. The highest BCUT2D eigenvalue weighted by Gasteiger charge is 2.63. The van der Waals surface area contributed by atoms with Crippen LogP contribution in [0.5, 0.6) is 0 Å². The molecule has 0 unspecified atom stereocenters. The Morgan fingerprint density at radius 1 is 1.50 bits per heavy atom. The Labute approximate surface area is 148 Å². The summed E-state index contributed by atoms with van der Waals surface area (Å²) in [4.78, 5) is 18.4. The Morgan fingerprint density at radius 2 is 2.38 bits per heavy atom. The maximum Gasteiger partial charge on any atom is 0.222 e. The van der Waals surface area contributed by atoms with Crippen LogP contribution in [0.15, 0.2) is 17.5 Å². The normalized spacial score (nSPS) is 34.3. The molecule has 1 aromatic rings. The second-order valence-electron chi connectivity index (χ2n) is 8.00. The lowest BCUT2D eigenvalue weighted by Gasteiger charge is -2.30. The van der Waals surface area contributed by atoms with E-state index in [2.05, 4.69) is 41.4 Å². The molecule has 0 radical (unpaired) electrons. The minimum atomic E-state index is -0.0191. The number of hydrogen-bond acceptors (Lipinski definition) is 4. The highest BCUT2D eigenvalue weighted by atomic mass is 32.1. The number of aryl methyl sites for hydroxylation is 1. The van der Waals surface area contributed by atoms with Crippen molar-refractivity contribution in [1.82, 2.24) is 9.80 Å². The average molecular weight is 349 g/mol. The van der Waals surface area contributed by atoms with Crippen LogP contribution in [-0.4, -0.2) is 61.1 Å². The second kappa shape index (κ2) is 6.43. The van der Waals surface area contributed by atoms with E-state index in [0.29, 0.717) is 30.3 Å². The molecule has 3 aliphatic heterocycles. The molecule has 2 bridgehead atoms. The van der Waals surface area contributed by atoms with Crippen LogP contribution in [-0.2, 0) is 16.0 Å². The first-order valence-corrected chi connectivity index (χ1v) is 10.1. The molecule has 4 rings (SSSR count). The lowest BCUT2D eigenvalue weighted by molar-refractivity contribution is -0.131. The van der Waals surface area contributed by atoms with Crippen molar-refractivity contribution in [3.05, 3.63) is 22.4 Å². The van der Waals surface area contributed by atoms with E-state index in [-0.39, 0.29) is 5.60 Å². The monoisotopic (exact) mass is 348 g/mol. The number of rotatable bonds is 6. The summed E-state index contributed by atoms with van der Waals surface area (Å²) in [5.74, 6) is 1.46. The Morgan fingerprint density at radius 3 is 3.12 bits per heavy atom. The van der Waals surface area contributed by atoms with E-state index in [0.717, 1.165) is 38.9 Å². The molecule has 4 heterocycles. The van der Waals surface area contributed by atoms with Crippen molar-refractivity contribution in [2.24, 2.45) is 11.8 Å². The summed E-state index contributed by atoms with van der Waals surface area (Å²) < 4.78 is 6.42. The largest absolute Gasteiger partial charge is 0.369 e. The first kappa shape index (κ1) is 16.6. The number of fused-ring (bicyclic) bond motifs is 1. The van der Waals surface area contributed by atoms with Gasteiger partial charge in [0.25, 0.3) is 0 Å². The SMILES string of the molecule is CN(C)C[C@H]1[C@H]2CN(C(=O)CCCc3cccs3)C[C@]23CC[C@H]1O3. The molecular weight excluding hydrogens is 320 g/mol. The predicted molar refractivity (Wildman–Crippen MR) is 96.2 cm³/mol. The van der Waals surface area contributed by atoms with Gasteiger partial charge in [-0.15, -0.1) is 11.3 Å². The minimum Gasteiger partial charge on any atom is -0.369 e. The van der Waals surface area contributed by atoms with Crippen molar-refractivity contribution < 1.29 is 9.53 Å². The zero-order valence-corrected chi connectivity index (χ0v) is 15.6. The first-order chi connectivity index (χ1) is 11.6. The standard InChI is InChI=1S/C19H28N2O2S/c1-20(2)11-15-16-12-21(13-19(16)9-8-17(15)23-19)18(22)7-3-5-14-6-4-10-24-14/h4,6,10,15-17H,3,5,7-9,11-13H2,1-2H3/t15-,16+,17+,19+/m0/s1. The third-order valence-electron chi connectivity index (χ3n) is 6.11. The van der Waals surface area contributed by atoms with Gasteiger partial charge in [0.05, 0.1) is 18.2 Å². The van der Waals surface area contributed by atoms with Crippen LogP contribution in [0.4, 0.5) is 0 Å². The van der Waals surface area contributed by atoms with Crippen LogP contribution < -0.4 is 0 Å². The molecule has 0 N–H and O–H groups in total. The number of nitrogens with zero attached hydrogens (tertiary/aromatic N) is 2. The molecule has 5 heteroatoms. The molecule has 4 nitrogen and oxygen atoms in total. The van der Waals surface area contributed by atoms with Gasteiger partial charge in [-0.1, -0.05) is 6.07 Å². The molecule has 4 atom stereocenters. The Kier molecular flexibility index (Phi) is 4.43. The van der Waals surface area contributed by atoms with Gasteiger partial charge in [-0.25, -0.2) is 0 Å². The summed E-state index contributed by atoms with van der Waals surface area (Å²) in [5, 5.41) is 2.11. The number of amides is 1. The quantitative estimate of drug-likeness (QED) is 0.792. The van der Waals surface area contributed by atoms with E-state index in [4.69, 9.17) is 4.74 Å². The van der Waals surface area contributed by atoms with Crippen molar-refractivity contribution in [3.63, 3.8) is 0 Å². The number of hydrogen-bond donors (Lipinski definition) is 0. The molecule has 132 valence electrons. The van der Waals surface area contributed by atoms with Crippen LogP contribution in [0.2, 0.25) is 0 Å². The molecule has 3 fully saturated rings. The highest BCUT2D eigenvalue weighted by Crippen LogP contribution is 2.54. The van der Waals surface area contributed by atoms with Gasteiger partial charge < -0.3 is 14.5 Å². The van der Waals surface area contributed by atoms with Gasteiger partial charge in [0.1, 0.15) is 0 Å². The summed E-state index contributed by atoms with van der Waals surface area (Å²) in [7, 11) is 4.28. The van der Waals surface area contributed by atoms with E-state index in [1.54, 1.807) is 11.3 Å². The third kappa shape index (κ3) is 2.91. The third-order valence-corrected chi connectivity index (χ3v) is 7.04. The zero-order valence-electron chi connectivity index (χ0n) is 14.7. The highest BCUT2D eigenvalue weighted by molar-refractivity contribution is 7.09. The summed E-state index contributed by atoms with van der Waals surface area (Å²) >= 11 is 1.79. The molecule has 1 spiro atoms. The number of ether oxygens (including phenoxy) is 1. The smallest absolute Gasteiger partial charge is 0.222 e. The van der Waals surface area contributed by atoms with E-state index in [9.17, 15) is 4.79 Å². The molecule has 0 aromatic carbocycles. The van der Waals surface area contributed by atoms with E-state index < -0.39 is 0 Å². The Balaban J connectivity index is 1.34. The molecule has 0 saturated carbocycles. The van der Waals surface area contributed by atoms with Gasteiger partial charge in [0.2, 0.25) is 5.91 Å².